The molecule has 1 atom stereocenters. The minimum Gasteiger partial charge on any atom is -0.485 e. The number of piperidine rings is 1. The van der Waals surface area contributed by atoms with Gasteiger partial charge >= 0.3 is 5.97 Å². The Bertz CT molecular complexity index is 1670. The van der Waals surface area contributed by atoms with Crippen molar-refractivity contribution in [2.75, 3.05) is 19.7 Å². The number of nitriles is 1. The maximum Gasteiger partial charge on any atom is 0.335 e. The van der Waals surface area contributed by atoms with Crippen molar-refractivity contribution in [3.05, 3.63) is 94.3 Å². The first-order valence-corrected chi connectivity index (χ1v) is 14.1. The fourth-order valence-corrected chi connectivity index (χ4v) is 5.75. The first kappa shape index (κ1) is 27.8. The van der Waals surface area contributed by atoms with E-state index in [1.165, 1.54) is 18.2 Å². The number of hydrogen-bond donors (Lipinski definition) is 1. The lowest BCUT2D eigenvalue weighted by Crippen LogP contribution is -2.35. The molecule has 8 nitrogen and oxygen atoms in total. The van der Waals surface area contributed by atoms with E-state index in [-0.39, 0.29) is 41.1 Å². The van der Waals surface area contributed by atoms with Gasteiger partial charge in [0, 0.05) is 17.7 Å². The number of aromatic nitrogens is 2. The highest BCUT2D eigenvalue weighted by Gasteiger charge is 2.27. The summed E-state index contributed by atoms with van der Waals surface area (Å²) in [6.45, 7) is 3.32. The minimum absolute atomic E-state index is 0.0677. The first-order chi connectivity index (χ1) is 20.4. The summed E-state index contributed by atoms with van der Waals surface area (Å²) < 4.78 is 42.9. The minimum atomic E-state index is -0.976. The van der Waals surface area contributed by atoms with E-state index in [0.29, 0.717) is 13.1 Å². The number of imidazole rings is 1. The van der Waals surface area contributed by atoms with Crippen molar-refractivity contribution >= 4 is 17.0 Å². The number of aromatic carboxylic acids is 1. The van der Waals surface area contributed by atoms with E-state index in [4.69, 9.17) is 19.7 Å². The third-order valence-corrected chi connectivity index (χ3v) is 8.20. The molecule has 1 N–H and O–H groups in total. The first-order valence-electron chi connectivity index (χ1n) is 14.1. The van der Waals surface area contributed by atoms with E-state index < -0.39 is 17.6 Å². The number of fused-ring (bicyclic) bond motifs is 1. The fraction of sp³-hybridized carbons (Fsp3) is 0.344. The van der Waals surface area contributed by atoms with Crippen LogP contribution in [0.15, 0.2) is 54.6 Å². The number of para-hydroxylation sites is 1. The lowest BCUT2D eigenvalue weighted by atomic mass is 9.88. The summed E-state index contributed by atoms with van der Waals surface area (Å²) in [5.74, 6) is -0.961. The summed E-state index contributed by atoms with van der Waals surface area (Å²) in [4.78, 5) is 18.7. The summed E-state index contributed by atoms with van der Waals surface area (Å²) in [6, 6.07) is 15.9. The van der Waals surface area contributed by atoms with Crippen LogP contribution in [0.4, 0.5) is 8.78 Å². The van der Waals surface area contributed by atoms with Crippen molar-refractivity contribution in [2.24, 2.45) is 0 Å². The molecule has 0 saturated carbocycles. The lowest BCUT2D eigenvalue weighted by molar-refractivity contribution is -0.0592. The second kappa shape index (κ2) is 11.9. The standard InChI is InChI=1S/C32H30F2N4O4/c33-26-3-1-2-25(31(26)42-19-23-5-4-20(16-35)14-27(23)34)21-8-11-37(12-9-21)18-30-36-28-7-6-22(32(39)40)15-29(28)38(30)17-24-10-13-41-24/h1-7,14-15,21,24H,8-13,17-19H2,(H,39,40). The number of rotatable bonds is 9. The van der Waals surface area contributed by atoms with Crippen LogP contribution in [-0.2, 0) is 24.4 Å². The van der Waals surface area contributed by atoms with E-state index in [0.717, 1.165) is 67.4 Å². The summed E-state index contributed by atoms with van der Waals surface area (Å²) in [5.41, 5.74) is 3.00. The van der Waals surface area contributed by atoms with Gasteiger partial charge in [-0.1, -0.05) is 18.2 Å². The third-order valence-electron chi connectivity index (χ3n) is 8.20. The molecule has 42 heavy (non-hydrogen) atoms. The number of carboxylic acid groups (broad SMARTS) is 1. The summed E-state index contributed by atoms with van der Waals surface area (Å²) >= 11 is 0. The van der Waals surface area contributed by atoms with E-state index in [9.17, 15) is 18.7 Å². The molecule has 1 unspecified atom stereocenters. The van der Waals surface area contributed by atoms with Crippen LogP contribution in [0.25, 0.3) is 11.0 Å². The van der Waals surface area contributed by atoms with Gasteiger partial charge in [-0.05, 0) is 74.7 Å². The number of nitrogens with zero attached hydrogens (tertiary/aromatic N) is 4. The van der Waals surface area contributed by atoms with Gasteiger partial charge in [-0.2, -0.15) is 5.26 Å². The van der Waals surface area contributed by atoms with Crippen molar-refractivity contribution in [3.8, 4) is 11.8 Å². The van der Waals surface area contributed by atoms with E-state index in [2.05, 4.69) is 9.47 Å². The van der Waals surface area contributed by atoms with Crippen LogP contribution in [0.5, 0.6) is 5.75 Å². The normalized spacial score (nSPS) is 17.6. The average Bonchev–Trinajstić information content (AvgIpc) is 3.30. The van der Waals surface area contributed by atoms with E-state index in [1.54, 1.807) is 24.3 Å². The van der Waals surface area contributed by atoms with E-state index >= 15 is 0 Å². The maximum atomic E-state index is 14.9. The van der Waals surface area contributed by atoms with Crippen LogP contribution in [0.2, 0.25) is 0 Å². The largest absolute Gasteiger partial charge is 0.485 e. The zero-order chi connectivity index (χ0) is 29.2. The third kappa shape index (κ3) is 5.71. The second-order valence-electron chi connectivity index (χ2n) is 10.8. The number of halogens is 2. The monoisotopic (exact) mass is 572 g/mol. The molecular formula is C32H30F2N4O4. The molecular weight excluding hydrogens is 542 g/mol. The van der Waals surface area contributed by atoms with Crippen LogP contribution >= 0.6 is 0 Å². The summed E-state index contributed by atoms with van der Waals surface area (Å²) in [6.07, 6.45) is 2.60. The van der Waals surface area contributed by atoms with Gasteiger partial charge in [0.1, 0.15) is 18.2 Å². The van der Waals surface area contributed by atoms with Crippen LogP contribution in [0.3, 0.4) is 0 Å². The Labute approximate surface area is 241 Å². The molecule has 0 radical (unpaired) electrons. The molecule has 216 valence electrons. The Morgan fingerprint density at radius 3 is 2.60 bits per heavy atom. The van der Waals surface area contributed by atoms with Gasteiger partial charge in [-0.25, -0.2) is 18.6 Å². The molecule has 3 aromatic carbocycles. The van der Waals surface area contributed by atoms with Crippen molar-refractivity contribution in [3.63, 3.8) is 0 Å². The van der Waals surface area contributed by atoms with Crippen molar-refractivity contribution < 1.29 is 28.2 Å². The molecule has 2 saturated heterocycles. The molecule has 0 bridgehead atoms. The quantitative estimate of drug-likeness (QED) is 0.277. The van der Waals surface area contributed by atoms with Crippen molar-refractivity contribution in [1.82, 2.24) is 14.5 Å². The van der Waals surface area contributed by atoms with Crippen molar-refractivity contribution in [1.29, 1.82) is 5.26 Å². The Hall–Kier alpha value is -4.33. The molecule has 0 spiro atoms. The number of benzene rings is 3. The summed E-state index contributed by atoms with van der Waals surface area (Å²) in [5, 5.41) is 18.5. The molecule has 0 amide bonds. The average molecular weight is 573 g/mol. The van der Waals surface area contributed by atoms with Gasteiger partial charge in [0.2, 0.25) is 0 Å². The predicted octanol–water partition coefficient (Wildman–Crippen LogP) is 5.63. The Balaban J connectivity index is 1.16. The van der Waals surface area contributed by atoms with Crippen LogP contribution in [0.1, 0.15) is 58.1 Å². The SMILES string of the molecule is N#Cc1ccc(COc2c(F)cccc2C2CCN(Cc3nc4ccc(C(=O)O)cc4n3CC3CCO3)CC2)c(F)c1. The Morgan fingerprint density at radius 1 is 1.10 bits per heavy atom. The number of ether oxygens (including phenoxy) is 2. The number of likely N-dealkylation sites (tertiary alicyclic amines) is 1. The van der Waals surface area contributed by atoms with Gasteiger partial charge in [-0.15, -0.1) is 0 Å². The van der Waals surface area contributed by atoms with Crippen LogP contribution in [-0.4, -0.2) is 51.3 Å². The molecule has 2 aliphatic rings. The number of carboxylic acids is 1. The van der Waals surface area contributed by atoms with Gasteiger partial charge in [0.05, 0.1) is 47.4 Å². The highest BCUT2D eigenvalue weighted by atomic mass is 19.1. The molecule has 0 aliphatic carbocycles. The fourth-order valence-electron chi connectivity index (χ4n) is 5.75. The second-order valence-corrected chi connectivity index (χ2v) is 10.8. The highest BCUT2D eigenvalue weighted by molar-refractivity contribution is 5.92. The predicted molar refractivity (Wildman–Crippen MR) is 150 cm³/mol. The molecule has 2 fully saturated rings. The molecule has 10 heteroatoms. The smallest absolute Gasteiger partial charge is 0.335 e. The van der Waals surface area contributed by atoms with Crippen LogP contribution < -0.4 is 4.74 Å². The topological polar surface area (TPSA) is 101 Å². The molecule has 6 rings (SSSR count). The zero-order valence-electron chi connectivity index (χ0n) is 22.9. The van der Waals surface area contributed by atoms with Crippen molar-refractivity contribution in [2.45, 2.75) is 51.0 Å². The maximum absolute atomic E-state index is 14.9. The Morgan fingerprint density at radius 2 is 1.90 bits per heavy atom. The van der Waals surface area contributed by atoms with Gasteiger partial charge in [0.15, 0.2) is 11.6 Å². The molecule has 3 heterocycles. The Kier molecular flexibility index (Phi) is 7.87. The molecule has 1 aromatic heterocycles. The van der Waals surface area contributed by atoms with Crippen LogP contribution in [0, 0.1) is 23.0 Å². The van der Waals surface area contributed by atoms with Gasteiger partial charge < -0.3 is 19.1 Å². The summed E-state index contributed by atoms with van der Waals surface area (Å²) in [7, 11) is 0. The van der Waals surface area contributed by atoms with Gasteiger partial charge in [0.25, 0.3) is 0 Å². The highest BCUT2D eigenvalue weighted by Crippen LogP contribution is 2.37. The number of carbonyl (C=O) groups is 1. The molecule has 2 aliphatic heterocycles. The number of hydrogen-bond acceptors (Lipinski definition) is 6. The van der Waals surface area contributed by atoms with E-state index in [1.807, 2.05) is 12.1 Å². The lowest BCUT2D eigenvalue weighted by Gasteiger charge is -2.33. The van der Waals surface area contributed by atoms with Gasteiger partial charge in [-0.3, -0.25) is 4.90 Å². The zero-order valence-corrected chi connectivity index (χ0v) is 22.9. The molecule has 4 aromatic rings.